The van der Waals surface area contributed by atoms with E-state index in [9.17, 15) is 4.79 Å². The van der Waals surface area contributed by atoms with E-state index < -0.39 is 0 Å². The molecule has 2 N–H and O–H groups in total. The van der Waals surface area contributed by atoms with Crippen LogP contribution in [0.5, 0.6) is 5.88 Å². The minimum atomic E-state index is -0.184. The number of rotatable bonds is 5. The molecule has 0 saturated heterocycles. The maximum atomic E-state index is 12.1. The van der Waals surface area contributed by atoms with Crippen molar-refractivity contribution in [2.45, 2.75) is 51.8 Å². The van der Waals surface area contributed by atoms with E-state index in [1.54, 1.807) is 12.5 Å². The number of carbonyl (C=O) groups is 1. The number of furan rings is 1. The number of carbonyl (C=O) groups excluding carboxylic acids is 1. The summed E-state index contributed by atoms with van der Waals surface area (Å²) in [6, 6.07) is 5.49. The number of nitrogens with one attached hydrogen (secondary N) is 2. The number of ether oxygens (including phenoxy) is 1. The summed E-state index contributed by atoms with van der Waals surface area (Å²) in [6.07, 6.45) is 6.39. The standard InChI is InChI=1S/C18H23N3O3/c1-12(2)24-17-7-6-13(10-19-17)11-20-18(22)21-15-4-3-5-16-14(15)8-9-23-16/h6-10,12,15H,3-5,11H2,1-2H3,(H2,20,21,22). The molecule has 3 rings (SSSR count). The summed E-state index contributed by atoms with van der Waals surface area (Å²) in [7, 11) is 0. The molecule has 6 heteroatoms. The molecule has 0 aromatic carbocycles. The van der Waals surface area contributed by atoms with Crippen molar-refractivity contribution in [3.8, 4) is 5.88 Å². The van der Waals surface area contributed by atoms with Crippen LogP contribution in [0.25, 0.3) is 0 Å². The van der Waals surface area contributed by atoms with E-state index in [2.05, 4.69) is 15.6 Å². The number of hydrogen-bond acceptors (Lipinski definition) is 4. The monoisotopic (exact) mass is 329 g/mol. The van der Waals surface area contributed by atoms with Gasteiger partial charge >= 0.3 is 6.03 Å². The van der Waals surface area contributed by atoms with Crippen LogP contribution in [0.4, 0.5) is 4.79 Å². The average molecular weight is 329 g/mol. The third-order valence-corrected chi connectivity index (χ3v) is 3.96. The molecule has 1 atom stereocenters. The Labute approximate surface area is 141 Å². The topological polar surface area (TPSA) is 76.4 Å². The molecule has 0 spiro atoms. The summed E-state index contributed by atoms with van der Waals surface area (Å²) in [5.41, 5.74) is 2.02. The number of fused-ring (bicyclic) bond motifs is 1. The van der Waals surface area contributed by atoms with Crippen LogP contribution in [0, 0.1) is 0 Å². The molecular formula is C18H23N3O3. The van der Waals surface area contributed by atoms with Crippen molar-refractivity contribution in [3.05, 3.63) is 47.5 Å². The van der Waals surface area contributed by atoms with Crippen molar-refractivity contribution in [3.63, 3.8) is 0 Å². The summed E-state index contributed by atoms with van der Waals surface area (Å²) >= 11 is 0. The van der Waals surface area contributed by atoms with E-state index in [-0.39, 0.29) is 18.2 Å². The molecule has 1 aliphatic carbocycles. The number of aryl methyl sites for hydroxylation is 1. The quantitative estimate of drug-likeness (QED) is 0.882. The highest BCUT2D eigenvalue weighted by atomic mass is 16.5. The van der Waals surface area contributed by atoms with Crippen molar-refractivity contribution in [2.75, 3.05) is 0 Å². The lowest BCUT2D eigenvalue weighted by Gasteiger charge is -2.22. The number of nitrogens with zero attached hydrogens (tertiary/aromatic N) is 1. The van der Waals surface area contributed by atoms with Gasteiger partial charge in [0.2, 0.25) is 5.88 Å². The summed E-state index contributed by atoms with van der Waals surface area (Å²) in [5.74, 6) is 1.57. The molecule has 1 aliphatic rings. The normalized spacial score (nSPS) is 16.5. The zero-order valence-electron chi connectivity index (χ0n) is 14.0. The number of urea groups is 1. The van der Waals surface area contributed by atoms with Crippen LogP contribution in [-0.4, -0.2) is 17.1 Å². The van der Waals surface area contributed by atoms with E-state index in [4.69, 9.17) is 9.15 Å². The highest BCUT2D eigenvalue weighted by Gasteiger charge is 2.23. The minimum absolute atomic E-state index is 0.0208. The van der Waals surface area contributed by atoms with Crippen LogP contribution in [0.3, 0.4) is 0 Å². The Morgan fingerprint density at radius 1 is 1.42 bits per heavy atom. The number of hydrogen-bond donors (Lipinski definition) is 2. The summed E-state index contributed by atoms with van der Waals surface area (Å²) in [6.45, 7) is 4.34. The average Bonchev–Trinajstić information content (AvgIpc) is 3.03. The molecule has 24 heavy (non-hydrogen) atoms. The van der Waals surface area contributed by atoms with Gasteiger partial charge < -0.3 is 19.8 Å². The molecule has 2 aromatic heterocycles. The van der Waals surface area contributed by atoms with Crippen LogP contribution in [-0.2, 0) is 13.0 Å². The predicted octanol–water partition coefficient (Wildman–Crippen LogP) is 3.34. The Morgan fingerprint density at radius 3 is 3.04 bits per heavy atom. The van der Waals surface area contributed by atoms with E-state index in [0.29, 0.717) is 12.4 Å². The Hall–Kier alpha value is -2.50. The Kier molecular flexibility index (Phi) is 5.03. The van der Waals surface area contributed by atoms with E-state index in [1.807, 2.05) is 32.0 Å². The Morgan fingerprint density at radius 2 is 2.29 bits per heavy atom. The van der Waals surface area contributed by atoms with Gasteiger partial charge in [-0.1, -0.05) is 6.07 Å². The SMILES string of the molecule is CC(C)Oc1ccc(CNC(=O)NC2CCCc3occc32)cn1. The van der Waals surface area contributed by atoms with Crippen LogP contribution in [0.15, 0.2) is 35.1 Å². The summed E-state index contributed by atoms with van der Waals surface area (Å²) in [5, 5.41) is 5.88. The smallest absolute Gasteiger partial charge is 0.315 e. The van der Waals surface area contributed by atoms with Crippen LogP contribution < -0.4 is 15.4 Å². The van der Waals surface area contributed by atoms with E-state index >= 15 is 0 Å². The number of aromatic nitrogens is 1. The fourth-order valence-electron chi connectivity index (χ4n) is 2.85. The maximum Gasteiger partial charge on any atom is 0.315 e. The minimum Gasteiger partial charge on any atom is -0.475 e. The Bertz CT molecular complexity index is 679. The molecule has 2 aromatic rings. The molecule has 1 unspecified atom stereocenters. The second-order valence-electron chi connectivity index (χ2n) is 6.24. The molecule has 0 radical (unpaired) electrons. The molecule has 0 fully saturated rings. The molecule has 0 bridgehead atoms. The van der Waals surface area contributed by atoms with Crippen LogP contribution >= 0.6 is 0 Å². The van der Waals surface area contributed by atoms with Gasteiger partial charge in [-0.2, -0.15) is 0 Å². The lowest BCUT2D eigenvalue weighted by Crippen LogP contribution is -2.38. The highest BCUT2D eigenvalue weighted by molar-refractivity contribution is 5.74. The fourth-order valence-corrected chi connectivity index (χ4v) is 2.85. The zero-order chi connectivity index (χ0) is 16.9. The van der Waals surface area contributed by atoms with Gasteiger partial charge in [-0.3, -0.25) is 0 Å². The third kappa shape index (κ3) is 4.07. The van der Waals surface area contributed by atoms with Gasteiger partial charge in [-0.15, -0.1) is 0 Å². The van der Waals surface area contributed by atoms with Crippen molar-refractivity contribution in [1.29, 1.82) is 0 Å². The predicted molar refractivity (Wildman–Crippen MR) is 89.8 cm³/mol. The maximum absolute atomic E-state index is 12.1. The van der Waals surface area contributed by atoms with Gasteiger partial charge in [0.25, 0.3) is 0 Å². The van der Waals surface area contributed by atoms with E-state index in [0.717, 1.165) is 36.1 Å². The van der Waals surface area contributed by atoms with Gasteiger partial charge in [0.1, 0.15) is 5.76 Å². The van der Waals surface area contributed by atoms with Crippen molar-refractivity contribution >= 4 is 6.03 Å². The molecule has 0 saturated carbocycles. The first-order valence-corrected chi connectivity index (χ1v) is 8.34. The fraction of sp³-hybridized carbons (Fsp3) is 0.444. The molecule has 128 valence electrons. The van der Waals surface area contributed by atoms with Crippen LogP contribution in [0.1, 0.15) is 49.6 Å². The largest absolute Gasteiger partial charge is 0.475 e. The first-order valence-electron chi connectivity index (χ1n) is 8.34. The number of amides is 2. The zero-order valence-corrected chi connectivity index (χ0v) is 14.0. The first-order chi connectivity index (χ1) is 11.6. The van der Waals surface area contributed by atoms with Crippen LogP contribution in [0.2, 0.25) is 0 Å². The lowest BCUT2D eigenvalue weighted by atomic mass is 9.93. The van der Waals surface area contributed by atoms with Crippen molar-refractivity contribution < 1.29 is 13.9 Å². The second kappa shape index (κ2) is 7.38. The Balaban J connectivity index is 1.50. The van der Waals surface area contributed by atoms with Gasteiger partial charge in [0.15, 0.2) is 0 Å². The van der Waals surface area contributed by atoms with Gasteiger partial charge in [0, 0.05) is 30.8 Å². The number of pyridine rings is 1. The molecule has 2 heterocycles. The summed E-state index contributed by atoms with van der Waals surface area (Å²) < 4.78 is 10.9. The molecular weight excluding hydrogens is 306 g/mol. The molecule has 2 amide bonds. The lowest BCUT2D eigenvalue weighted by molar-refractivity contribution is 0.232. The summed E-state index contributed by atoms with van der Waals surface area (Å²) in [4.78, 5) is 16.4. The molecule has 6 nitrogen and oxygen atoms in total. The third-order valence-electron chi connectivity index (χ3n) is 3.96. The van der Waals surface area contributed by atoms with E-state index in [1.165, 1.54) is 0 Å². The molecule has 0 aliphatic heterocycles. The highest BCUT2D eigenvalue weighted by Crippen LogP contribution is 2.30. The van der Waals surface area contributed by atoms with Gasteiger partial charge in [0.05, 0.1) is 18.4 Å². The van der Waals surface area contributed by atoms with Gasteiger partial charge in [-0.05, 0) is 38.3 Å². The second-order valence-corrected chi connectivity index (χ2v) is 6.24. The van der Waals surface area contributed by atoms with Crippen molar-refractivity contribution in [1.82, 2.24) is 15.6 Å². The van der Waals surface area contributed by atoms with Crippen molar-refractivity contribution in [2.24, 2.45) is 0 Å². The van der Waals surface area contributed by atoms with Gasteiger partial charge in [-0.25, -0.2) is 9.78 Å². The first kappa shape index (κ1) is 16.4.